The molecule has 2 unspecified atom stereocenters. The van der Waals surface area contributed by atoms with Crippen molar-refractivity contribution in [3.8, 4) is 0 Å². The van der Waals surface area contributed by atoms with Crippen molar-refractivity contribution in [1.29, 1.82) is 0 Å². The molecule has 17 heavy (non-hydrogen) atoms. The Balaban J connectivity index is 2.15. The van der Waals surface area contributed by atoms with Gasteiger partial charge < -0.3 is 4.74 Å². The largest absolute Gasteiger partial charge is 0.459 e. The van der Waals surface area contributed by atoms with Crippen LogP contribution in [0.5, 0.6) is 0 Å². The highest BCUT2D eigenvalue weighted by atomic mass is 16.6. The molecule has 0 aromatic rings. The topological polar surface area (TPSA) is 26.3 Å². The van der Waals surface area contributed by atoms with Crippen molar-refractivity contribution in [2.75, 3.05) is 0 Å². The molecule has 0 N–H and O–H groups in total. The molecule has 0 saturated heterocycles. The van der Waals surface area contributed by atoms with Crippen molar-refractivity contribution >= 4 is 5.97 Å². The highest BCUT2D eigenvalue weighted by molar-refractivity contribution is 5.66. The first-order chi connectivity index (χ1) is 7.82. The van der Waals surface area contributed by atoms with Crippen LogP contribution in [0.15, 0.2) is 11.6 Å². The molecule has 2 aliphatic carbocycles. The van der Waals surface area contributed by atoms with Crippen molar-refractivity contribution in [2.24, 2.45) is 11.3 Å². The van der Waals surface area contributed by atoms with Crippen LogP contribution < -0.4 is 0 Å². The lowest BCUT2D eigenvalue weighted by Gasteiger charge is -2.47. The molecular formula is C15H24O2. The molecule has 1 saturated carbocycles. The first-order valence-electron chi connectivity index (χ1n) is 6.71. The minimum absolute atomic E-state index is 0.151. The number of allylic oxidation sites excluding steroid dienone is 1. The van der Waals surface area contributed by atoms with Gasteiger partial charge in [-0.2, -0.15) is 0 Å². The summed E-state index contributed by atoms with van der Waals surface area (Å²) in [7, 11) is 0. The molecule has 0 spiro atoms. The van der Waals surface area contributed by atoms with Gasteiger partial charge in [-0.1, -0.05) is 25.5 Å². The van der Waals surface area contributed by atoms with E-state index in [1.165, 1.54) is 25.3 Å². The zero-order chi connectivity index (χ0) is 12.7. The summed E-state index contributed by atoms with van der Waals surface area (Å²) in [6.07, 6.45) is 7.93. The molecule has 0 aliphatic heterocycles. The van der Waals surface area contributed by atoms with Gasteiger partial charge in [0.05, 0.1) is 0 Å². The van der Waals surface area contributed by atoms with Crippen LogP contribution in [0.1, 0.15) is 59.8 Å². The Kier molecular flexibility index (Phi) is 3.09. The number of rotatable bonds is 1. The molecule has 2 rings (SSSR count). The summed E-state index contributed by atoms with van der Waals surface area (Å²) in [6.45, 7) is 8.34. The molecule has 0 heterocycles. The summed E-state index contributed by atoms with van der Waals surface area (Å²) in [4.78, 5) is 11.2. The fourth-order valence-electron chi connectivity index (χ4n) is 3.62. The maximum atomic E-state index is 11.2. The SMILES string of the molecule is CC(=O)OC1(C)CCC2C(=CCCC2(C)C)C1. The van der Waals surface area contributed by atoms with Crippen molar-refractivity contribution < 1.29 is 9.53 Å². The van der Waals surface area contributed by atoms with E-state index in [2.05, 4.69) is 26.8 Å². The summed E-state index contributed by atoms with van der Waals surface area (Å²) in [6, 6.07) is 0. The minimum atomic E-state index is -0.262. The molecular weight excluding hydrogens is 212 g/mol. The molecule has 96 valence electrons. The van der Waals surface area contributed by atoms with Crippen LogP contribution in [0.4, 0.5) is 0 Å². The Hall–Kier alpha value is -0.790. The summed E-state index contributed by atoms with van der Waals surface area (Å²) in [5, 5.41) is 0. The smallest absolute Gasteiger partial charge is 0.303 e. The van der Waals surface area contributed by atoms with E-state index in [0.717, 1.165) is 19.3 Å². The van der Waals surface area contributed by atoms with Crippen LogP contribution in [0.25, 0.3) is 0 Å². The predicted molar refractivity (Wildman–Crippen MR) is 68.6 cm³/mol. The summed E-state index contributed by atoms with van der Waals surface area (Å²) in [5.74, 6) is 0.543. The normalized spacial score (nSPS) is 35.8. The Morgan fingerprint density at radius 2 is 2.06 bits per heavy atom. The Labute approximate surface area is 104 Å². The second-order valence-electron chi connectivity index (χ2n) is 6.62. The minimum Gasteiger partial charge on any atom is -0.459 e. The van der Waals surface area contributed by atoms with Gasteiger partial charge in [-0.05, 0) is 43.9 Å². The maximum absolute atomic E-state index is 11.2. The van der Waals surface area contributed by atoms with Gasteiger partial charge in [-0.25, -0.2) is 0 Å². The highest BCUT2D eigenvalue weighted by Crippen LogP contribution is 2.50. The van der Waals surface area contributed by atoms with Crippen molar-refractivity contribution in [2.45, 2.75) is 65.4 Å². The predicted octanol–water partition coefficient (Wildman–Crippen LogP) is 3.85. The molecule has 0 aromatic heterocycles. The first kappa shape index (κ1) is 12.7. The zero-order valence-electron chi connectivity index (χ0n) is 11.5. The van der Waals surface area contributed by atoms with Crippen LogP contribution in [-0.2, 0) is 9.53 Å². The molecule has 1 fully saturated rings. The lowest BCUT2D eigenvalue weighted by atomic mass is 9.61. The lowest BCUT2D eigenvalue weighted by Crippen LogP contribution is -2.41. The maximum Gasteiger partial charge on any atom is 0.303 e. The van der Waals surface area contributed by atoms with Gasteiger partial charge in [0, 0.05) is 13.3 Å². The number of esters is 1. The fraction of sp³-hybridized carbons (Fsp3) is 0.800. The van der Waals surface area contributed by atoms with Gasteiger partial charge in [0.1, 0.15) is 5.60 Å². The second-order valence-corrected chi connectivity index (χ2v) is 6.62. The molecule has 0 amide bonds. The third-order valence-corrected chi connectivity index (χ3v) is 4.52. The van der Waals surface area contributed by atoms with Crippen molar-refractivity contribution in [3.05, 3.63) is 11.6 Å². The molecule has 0 radical (unpaired) electrons. The average molecular weight is 236 g/mol. The molecule has 0 aromatic carbocycles. The van der Waals surface area contributed by atoms with Crippen LogP contribution in [0, 0.1) is 11.3 Å². The Morgan fingerprint density at radius 1 is 1.35 bits per heavy atom. The van der Waals surface area contributed by atoms with Gasteiger partial charge in [-0.15, -0.1) is 0 Å². The third-order valence-electron chi connectivity index (χ3n) is 4.52. The zero-order valence-corrected chi connectivity index (χ0v) is 11.5. The lowest BCUT2D eigenvalue weighted by molar-refractivity contribution is -0.158. The van der Waals surface area contributed by atoms with E-state index in [9.17, 15) is 4.79 Å². The molecule has 2 heteroatoms. The average Bonchev–Trinajstić information content (AvgIpc) is 2.13. The molecule has 2 aliphatic rings. The standard InChI is InChI=1S/C15H24O2/c1-11(16)17-15(4)9-7-13-12(10-15)6-5-8-14(13,2)3/h6,13H,5,7-10H2,1-4H3. The first-order valence-corrected chi connectivity index (χ1v) is 6.71. The van der Waals surface area contributed by atoms with E-state index in [1.54, 1.807) is 0 Å². The Bertz CT molecular complexity index is 354. The molecule has 2 atom stereocenters. The number of hydrogen-bond acceptors (Lipinski definition) is 2. The van der Waals surface area contributed by atoms with E-state index in [-0.39, 0.29) is 11.6 Å². The van der Waals surface area contributed by atoms with Gasteiger partial charge >= 0.3 is 5.97 Å². The molecule has 0 bridgehead atoms. The number of fused-ring (bicyclic) bond motifs is 1. The van der Waals surface area contributed by atoms with Crippen LogP contribution in [0.3, 0.4) is 0 Å². The van der Waals surface area contributed by atoms with Crippen LogP contribution in [0.2, 0.25) is 0 Å². The number of carbonyl (C=O) groups is 1. The monoisotopic (exact) mass is 236 g/mol. The van der Waals surface area contributed by atoms with E-state index < -0.39 is 0 Å². The van der Waals surface area contributed by atoms with E-state index in [1.807, 2.05) is 0 Å². The number of ether oxygens (including phenoxy) is 1. The highest BCUT2D eigenvalue weighted by Gasteiger charge is 2.43. The van der Waals surface area contributed by atoms with E-state index in [0.29, 0.717) is 11.3 Å². The molecule has 2 nitrogen and oxygen atoms in total. The third kappa shape index (κ3) is 2.56. The summed E-state index contributed by atoms with van der Waals surface area (Å²) < 4.78 is 5.52. The van der Waals surface area contributed by atoms with Gasteiger partial charge in [-0.3, -0.25) is 4.79 Å². The Morgan fingerprint density at radius 3 is 2.71 bits per heavy atom. The van der Waals surface area contributed by atoms with Crippen molar-refractivity contribution in [3.63, 3.8) is 0 Å². The van der Waals surface area contributed by atoms with Crippen LogP contribution >= 0.6 is 0 Å². The van der Waals surface area contributed by atoms with Gasteiger partial charge in [0.2, 0.25) is 0 Å². The number of hydrogen-bond donors (Lipinski definition) is 0. The van der Waals surface area contributed by atoms with Crippen molar-refractivity contribution in [1.82, 2.24) is 0 Å². The quantitative estimate of drug-likeness (QED) is 0.510. The van der Waals surface area contributed by atoms with Crippen LogP contribution in [-0.4, -0.2) is 11.6 Å². The fourth-order valence-corrected chi connectivity index (χ4v) is 3.62. The van der Waals surface area contributed by atoms with E-state index >= 15 is 0 Å². The number of carbonyl (C=O) groups excluding carboxylic acids is 1. The summed E-state index contributed by atoms with van der Waals surface area (Å²) in [5.41, 5.74) is 1.68. The summed E-state index contributed by atoms with van der Waals surface area (Å²) >= 11 is 0. The second kappa shape index (κ2) is 4.15. The van der Waals surface area contributed by atoms with Gasteiger partial charge in [0.25, 0.3) is 0 Å². The van der Waals surface area contributed by atoms with E-state index in [4.69, 9.17) is 4.74 Å². The van der Waals surface area contributed by atoms with Gasteiger partial charge in [0.15, 0.2) is 0 Å².